The second-order valence-electron chi connectivity index (χ2n) is 6.00. The van der Waals surface area contributed by atoms with E-state index in [1.54, 1.807) is 12.3 Å². The summed E-state index contributed by atoms with van der Waals surface area (Å²) >= 11 is 0. The molecule has 2 aliphatic rings. The molecule has 0 amide bonds. The van der Waals surface area contributed by atoms with Gasteiger partial charge in [0.25, 0.3) is 0 Å². The highest BCUT2D eigenvalue weighted by Crippen LogP contribution is 2.49. The van der Waals surface area contributed by atoms with Gasteiger partial charge in [0.15, 0.2) is 0 Å². The Labute approximate surface area is 118 Å². The molecule has 2 saturated carbocycles. The zero-order chi connectivity index (χ0) is 14.3. The topological polar surface area (TPSA) is 78.4 Å². The zero-order valence-corrected chi connectivity index (χ0v) is 11.8. The van der Waals surface area contributed by atoms with Crippen molar-refractivity contribution < 1.29 is 9.90 Å². The van der Waals surface area contributed by atoms with Gasteiger partial charge in [-0.25, -0.2) is 4.98 Å². The minimum atomic E-state index is -0.684. The molecule has 4 unspecified atom stereocenters. The quantitative estimate of drug-likeness (QED) is 0.866. The first-order valence-electron chi connectivity index (χ1n) is 7.06. The summed E-state index contributed by atoms with van der Waals surface area (Å²) in [6, 6.07) is 1.80. The molecule has 2 fully saturated rings. The van der Waals surface area contributed by atoms with Crippen molar-refractivity contribution in [2.75, 3.05) is 24.3 Å². The smallest absolute Gasteiger partial charge is 0.308 e. The van der Waals surface area contributed by atoms with Crippen molar-refractivity contribution in [3.8, 4) is 0 Å². The Morgan fingerprint density at radius 2 is 2.15 bits per heavy atom. The van der Waals surface area contributed by atoms with Gasteiger partial charge in [-0.05, 0) is 37.2 Å². The van der Waals surface area contributed by atoms with E-state index in [0.717, 1.165) is 19.3 Å². The number of carboxylic acid groups (broad SMARTS) is 1. The van der Waals surface area contributed by atoms with Crippen LogP contribution in [0.1, 0.15) is 19.3 Å². The molecule has 0 aliphatic heterocycles. The minimum Gasteiger partial charge on any atom is -0.481 e. The fourth-order valence-electron chi connectivity index (χ4n) is 3.67. The lowest BCUT2D eigenvalue weighted by Gasteiger charge is -2.29. The number of aromatic nitrogens is 2. The van der Waals surface area contributed by atoms with Gasteiger partial charge < -0.3 is 15.3 Å². The Morgan fingerprint density at radius 1 is 1.40 bits per heavy atom. The maximum Gasteiger partial charge on any atom is 0.308 e. The van der Waals surface area contributed by atoms with Crippen LogP contribution in [0, 0.1) is 17.8 Å². The molecule has 0 aromatic carbocycles. The number of anilines is 2. The number of nitrogens with one attached hydrogen (secondary N) is 1. The third kappa shape index (κ3) is 2.19. The van der Waals surface area contributed by atoms with E-state index in [0.29, 0.717) is 23.6 Å². The van der Waals surface area contributed by atoms with Crippen LogP contribution in [0.4, 0.5) is 11.8 Å². The van der Waals surface area contributed by atoms with Gasteiger partial charge in [0, 0.05) is 26.3 Å². The lowest BCUT2D eigenvalue weighted by Crippen LogP contribution is -2.39. The Morgan fingerprint density at radius 3 is 2.85 bits per heavy atom. The van der Waals surface area contributed by atoms with Crippen molar-refractivity contribution in [2.24, 2.45) is 17.8 Å². The van der Waals surface area contributed by atoms with Gasteiger partial charge in [-0.15, -0.1) is 0 Å². The molecular weight excluding hydrogens is 256 g/mol. The van der Waals surface area contributed by atoms with E-state index >= 15 is 0 Å². The third-order valence-corrected chi connectivity index (χ3v) is 4.56. The Balaban J connectivity index is 1.80. The van der Waals surface area contributed by atoms with Crippen molar-refractivity contribution in [1.82, 2.24) is 9.97 Å². The number of carbonyl (C=O) groups is 1. The summed E-state index contributed by atoms with van der Waals surface area (Å²) in [5, 5.41) is 12.8. The van der Waals surface area contributed by atoms with Crippen LogP contribution in [0.5, 0.6) is 0 Å². The molecule has 0 saturated heterocycles. The molecular formula is C14H20N4O2. The van der Waals surface area contributed by atoms with Crippen LogP contribution in [-0.4, -0.2) is 41.2 Å². The lowest BCUT2D eigenvalue weighted by molar-refractivity contribution is -0.143. The molecule has 20 heavy (non-hydrogen) atoms. The summed E-state index contributed by atoms with van der Waals surface area (Å²) in [5.41, 5.74) is 0. The predicted molar refractivity (Wildman–Crippen MR) is 75.7 cm³/mol. The number of aliphatic carboxylic acids is 1. The van der Waals surface area contributed by atoms with Crippen LogP contribution in [-0.2, 0) is 4.79 Å². The van der Waals surface area contributed by atoms with E-state index in [1.807, 2.05) is 19.0 Å². The SMILES string of the molecule is CN(C)c1nccc(NC2C3CCC(C3)C2C(=O)O)n1. The van der Waals surface area contributed by atoms with Crippen LogP contribution in [0.15, 0.2) is 12.3 Å². The average Bonchev–Trinajstić information content (AvgIpc) is 2.99. The van der Waals surface area contributed by atoms with Gasteiger partial charge in [0.1, 0.15) is 5.82 Å². The normalized spacial score (nSPS) is 31.3. The van der Waals surface area contributed by atoms with Crippen LogP contribution < -0.4 is 10.2 Å². The maximum atomic E-state index is 11.5. The van der Waals surface area contributed by atoms with Gasteiger partial charge in [-0.2, -0.15) is 4.98 Å². The first kappa shape index (κ1) is 13.1. The highest BCUT2D eigenvalue weighted by molar-refractivity contribution is 5.73. The molecule has 6 nitrogen and oxygen atoms in total. The van der Waals surface area contributed by atoms with Crippen molar-refractivity contribution >= 4 is 17.7 Å². The highest BCUT2D eigenvalue weighted by atomic mass is 16.4. The highest BCUT2D eigenvalue weighted by Gasteiger charge is 2.51. The zero-order valence-electron chi connectivity index (χ0n) is 11.8. The Hall–Kier alpha value is -1.85. The van der Waals surface area contributed by atoms with Crippen LogP contribution in [0.25, 0.3) is 0 Å². The van der Waals surface area contributed by atoms with Crippen molar-refractivity contribution in [3.05, 3.63) is 12.3 Å². The van der Waals surface area contributed by atoms with E-state index in [1.165, 1.54) is 0 Å². The van der Waals surface area contributed by atoms with E-state index < -0.39 is 5.97 Å². The summed E-state index contributed by atoms with van der Waals surface area (Å²) in [4.78, 5) is 21.9. The molecule has 3 rings (SSSR count). The molecule has 2 aliphatic carbocycles. The van der Waals surface area contributed by atoms with E-state index in [-0.39, 0.29) is 12.0 Å². The summed E-state index contributed by atoms with van der Waals surface area (Å²) in [6.45, 7) is 0. The number of nitrogens with zero attached hydrogens (tertiary/aromatic N) is 3. The predicted octanol–water partition coefficient (Wildman–Crippen LogP) is 1.45. The standard InChI is InChI=1S/C14H20N4O2/c1-18(2)14-15-6-5-10(17-14)16-12-9-4-3-8(7-9)11(12)13(19)20/h5-6,8-9,11-12H,3-4,7H2,1-2H3,(H,19,20)(H,15,16,17). The van der Waals surface area contributed by atoms with Crippen molar-refractivity contribution in [3.63, 3.8) is 0 Å². The number of hydrogen-bond donors (Lipinski definition) is 2. The molecule has 6 heteroatoms. The molecule has 108 valence electrons. The number of fused-ring (bicyclic) bond motifs is 2. The van der Waals surface area contributed by atoms with E-state index in [2.05, 4.69) is 15.3 Å². The Bertz CT molecular complexity index is 520. The number of carboxylic acids is 1. The van der Waals surface area contributed by atoms with Crippen molar-refractivity contribution in [1.29, 1.82) is 0 Å². The lowest BCUT2D eigenvalue weighted by atomic mass is 9.84. The fourth-order valence-corrected chi connectivity index (χ4v) is 3.67. The minimum absolute atomic E-state index is 0.00355. The van der Waals surface area contributed by atoms with Gasteiger partial charge >= 0.3 is 5.97 Å². The van der Waals surface area contributed by atoms with Gasteiger partial charge in [-0.3, -0.25) is 4.79 Å². The van der Waals surface area contributed by atoms with E-state index in [9.17, 15) is 9.90 Å². The summed E-state index contributed by atoms with van der Waals surface area (Å²) < 4.78 is 0. The Kier molecular flexibility index (Phi) is 3.23. The van der Waals surface area contributed by atoms with Crippen LogP contribution in [0.3, 0.4) is 0 Å². The molecule has 0 radical (unpaired) electrons. The van der Waals surface area contributed by atoms with Crippen LogP contribution in [0.2, 0.25) is 0 Å². The monoisotopic (exact) mass is 276 g/mol. The van der Waals surface area contributed by atoms with Gasteiger partial charge in [0.2, 0.25) is 5.95 Å². The number of rotatable bonds is 4. The van der Waals surface area contributed by atoms with E-state index in [4.69, 9.17) is 0 Å². The average molecular weight is 276 g/mol. The molecule has 2 N–H and O–H groups in total. The van der Waals surface area contributed by atoms with Crippen LogP contribution >= 0.6 is 0 Å². The third-order valence-electron chi connectivity index (χ3n) is 4.56. The second kappa shape index (κ2) is 4.92. The first-order valence-corrected chi connectivity index (χ1v) is 7.06. The van der Waals surface area contributed by atoms with Crippen molar-refractivity contribution in [2.45, 2.75) is 25.3 Å². The van der Waals surface area contributed by atoms with Gasteiger partial charge in [-0.1, -0.05) is 0 Å². The van der Waals surface area contributed by atoms with Gasteiger partial charge in [0.05, 0.1) is 5.92 Å². The fraction of sp³-hybridized carbons (Fsp3) is 0.643. The molecule has 1 heterocycles. The summed E-state index contributed by atoms with van der Waals surface area (Å²) in [6.07, 6.45) is 4.90. The molecule has 1 aromatic heterocycles. The first-order chi connectivity index (χ1) is 9.56. The summed E-state index contributed by atoms with van der Waals surface area (Å²) in [5.74, 6) is 1.16. The number of hydrogen-bond acceptors (Lipinski definition) is 5. The maximum absolute atomic E-state index is 11.5. The molecule has 4 atom stereocenters. The largest absolute Gasteiger partial charge is 0.481 e. The summed E-state index contributed by atoms with van der Waals surface area (Å²) in [7, 11) is 3.77. The second-order valence-corrected chi connectivity index (χ2v) is 6.00. The molecule has 0 spiro atoms. The molecule has 2 bridgehead atoms. The molecule has 1 aromatic rings.